The molecule has 0 amide bonds. The molecule has 120 valence electrons. The highest BCUT2D eigenvalue weighted by molar-refractivity contribution is 5.13. The Labute approximate surface area is 132 Å². The highest BCUT2D eigenvalue weighted by atomic mass is 14.4. The van der Waals surface area contributed by atoms with E-state index in [4.69, 9.17) is 0 Å². The zero-order valence-corrected chi connectivity index (χ0v) is 14.3. The summed E-state index contributed by atoms with van der Waals surface area (Å²) >= 11 is 0. The standard InChI is InChI=1S/C19H34N2/c1-3-5-7-9-11-13-15-19(17-20,18-21)16-14-12-10-8-6-4-2/h3-16H2,1-2H3. The Bertz CT molecular complexity index is 277. The molecule has 0 bridgehead atoms. The Balaban J connectivity index is 3.86. The zero-order valence-electron chi connectivity index (χ0n) is 14.3. The molecule has 0 aromatic rings. The average Bonchev–Trinajstić information content (AvgIpc) is 2.52. The van der Waals surface area contributed by atoms with Crippen molar-refractivity contribution in [2.24, 2.45) is 5.41 Å². The number of nitriles is 2. The lowest BCUT2D eigenvalue weighted by Gasteiger charge is -2.18. The number of nitrogens with zero attached hydrogens (tertiary/aromatic N) is 2. The molecule has 0 aliphatic heterocycles. The van der Waals surface area contributed by atoms with E-state index in [2.05, 4.69) is 26.0 Å². The van der Waals surface area contributed by atoms with Crippen LogP contribution in [0.15, 0.2) is 0 Å². The van der Waals surface area contributed by atoms with Gasteiger partial charge in [0.15, 0.2) is 0 Å². The van der Waals surface area contributed by atoms with Crippen LogP contribution in [0.5, 0.6) is 0 Å². The van der Waals surface area contributed by atoms with Gasteiger partial charge in [0.05, 0.1) is 12.1 Å². The van der Waals surface area contributed by atoms with Gasteiger partial charge >= 0.3 is 0 Å². The van der Waals surface area contributed by atoms with Crippen LogP contribution in [0.2, 0.25) is 0 Å². The van der Waals surface area contributed by atoms with Gasteiger partial charge in [-0.3, -0.25) is 0 Å². The van der Waals surface area contributed by atoms with Crippen molar-refractivity contribution in [3.8, 4) is 12.1 Å². The second-order valence-corrected chi connectivity index (χ2v) is 6.34. The van der Waals surface area contributed by atoms with Crippen LogP contribution >= 0.6 is 0 Å². The first-order chi connectivity index (χ1) is 10.2. The third-order valence-electron chi connectivity index (χ3n) is 4.34. The predicted molar refractivity (Wildman–Crippen MR) is 89.6 cm³/mol. The fraction of sp³-hybridized carbons (Fsp3) is 0.895. The molecule has 0 saturated heterocycles. The predicted octanol–water partition coefficient (Wildman–Crippen LogP) is 6.52. The summed E-state index contributed by atoms with van der Waals surface area (Å²) in [4.78, 5) is 0. The average molecular weight is 290 g/mol. The van der Waals surface area contributed by atoms with Crippen molar-refractivity contribution in [1.29, 1.82) is 10.5 Å². The first-order valence-corrected chi connectivity index (χ1v) is 9.07. The van der Waals surface area contributed by atoms with Crippen LogP contribution in [0, 0.1) is 28.1 Å². The SMILES string of the molecule is CCCCCCCCC(C#N)(C#N)CCCCCCCC. The quantitative estimate of drug-likeness (QED) is 0.342. The van der Waals surface area contributed by atoms with E-state index >= 15 is 0 Å². The molecule has 0 aliphatic rings. The molecule has 2 nitrogen and oxygen atoms in total. The second kappa shape index (κ2) is 13.9. The number of rotatable bonds is 14. The molecular weight excluding hydrogens is 256 g/mol. The third-order valence-corrected chi connectivity index (χ3v) is 4.34. The lowest BCUT2D eigenvalue weighted by molar-refractivity contribution is 0.391. The molecule has 0 spiro atoms. The fourth-order valence-electron chi connectivity index (χ4n) is 2.79. The van der Waals surface area contributed by atoms with Crippen molar-refractivity contribution in [1.82, 2.24) is 0 Å². The van der Waals surface area contributed by atoms with E-state index in [1.54, 1.807) is 0 Å². The summed E-state index contributed by atoms with van der Waals surface area (Å²) in [5.74, 6) is 0. The highest BCUT2D eigenvalue weighted by Gasteiger charge is 2.28. The molecule has 0 fully saturated rings. The Morgan fingerprint density at radius 1 is 0.571 bits per heavy atom. The fourth-order valence-corrected chi connectivity index (χ4v) is 2.79. The molecule has 0 heterocycles. The number of hydrogen-bond donors (Lipinski definition) is 0. The smallest absolute Gasteiger partial charge is 0.143 e. The number of hydrogen-bond acceptors (Lipinski definition) is 2. The minimum absolute atomic E-state index is 0.713. The summed E-state index contributed by atoms with van der Waals surface area (Å²) in [6, 6.07) is 4.62. The molecule has 0 aromatic carbocycles. The van der Waals surface area contributed by atoms with E-state index in [1.807, 2.05) is 0 Å². The Hall–Kier alpha value is -1.02. The molecule has 0 unspecified atom stereocenters. The molecule has 0 rings (SSSR count). The lowest BCUT2D eigenvalue weighted by Crippen LogP contribution is -2.16. The lowest BCUT2D eigenvalue weighted by atomic mass is 9.80. The van der Waals surface area contributed by atoms with Crippen molar-refractivity contribution in [2.75, 3.05) is 0 Å². The molecule has 0 aliphatic carbocycles. The Kier molecular flexibility index (Phi) is 13.3. The van der Waals surface area contributed by atoms with Crippen LogP contribution in [0.25, 0.3) is 0 Å². The molecular formula is C19H34N2. The van der Waals surface area contributed by atoms with Crippen LogP contribution in [-0.4, -0.2) is 0 Å². The van der Waals surface area contributed by atoms with Crippen molar-refractivity contribution in [3.63, 3.8) is 0 Å². The summed E-state index contributed by atoms with van der Waals surface area (Å²) in [5, 5.41) is 18.8. The van der Waals surface area contributed by atoms with E-state index < -0.39 is 5.41 Å². The maximum Gasteiger partial charge on any atom is 0.143 e. The number of unbranched alkanes of at least 4 members (excludes halogenated alkanes) is 10. The summed E-state index contributed by atoms with van der Waals surface area (Å²) in [5.41, 5.74) is -0.713. The summed E-state index contributed by atoms with van der Waals surface area (Å²) < 4.78 is 0. The van der Waals surface area contributed by atoms with Gasteiger partial charge in [-0.05, 0) is 12.8 Å². The van der Waals surface area contributed by atoms with Gasteiger partial charge in [-0.15, -0.1) is 0 Å². The molecule has 21 heavy (non-hydrogen) atoms. The molecule has 0 radical (unpaired) electrons. The van der Waals surface area contributed by atoms with Crippen LogP contribution in [0.3, 0.4) is 0 Å². The molecule has 0 aromatic heterocycles. The van der Waals surface area contributed by atoms with Crippen molar-refractivity contribution >= 4 is 0 Å². The van der Waals surface area contributed by atoms with Crippen LogP contribution < -0.4 is 0 Å². The van der Waals surface area contributed by atoms with E-state index in [0.717, 1.165) is 25.7 Å². The van der Waals surface area contributed by atoms with E-state index in [-0.39, 0.29) is 0 Å². The first-order valence-electron chi connectivity index (χ1n) is 9.07. The molecule has 2 heteroatoms. The van der Waals surface area contributed by atoms with Gasteiger partial charge in [-0.1, -0.05) is 90.9 Å². The molecule has 0 N–H and O–H groups in total. The van der Waals surface area contributed by atoms with Gasteiger partial charge in [-0.25, -0.2) is 0 Å². The Morgan fingerprint density at radius 2 is 0.905 bits per heavy atom. The van der Waals surface area contributed by atoms with Gasteiger partial charge in [0.2, 0.25) is 0 Å². The molecule has 0 atom stereocenters. The third kappa shape index (κ3) is 10.4. The van der Waals surface area contributed by atoms with Gasteiger partial charge in [0, 0.05) is 0 Å². The van der Waals surface area contributed by atoms with Gasteiger partial charge in [-0.2, -0.15) is 10.5 Å². The zero-order chi connectivity index (χ0) is 15.8. The second-order valence-electron chi connectivity index (χ2n) is 6.34. The normalized spacial score (nSPS) is 11.0. The molecule has 0 saturated carbocycles. The highest BCUT2D eigenvalue weighted by Crippen LogP contribution is 2.30. The Morgan fingerprint density at radius 3 is 1.24 bits per heavy atom. The topological polar surface area (TPSA) is 47.6 Å². The maximum absolute atomic E-state index is 9.39. The van der Waals surface area contributed by atoms with Gasteiger partial charge < -0.3 is 0 Å². The van der Waals surface area contributed by atoms with Gasteiger partial charge in [0.1, 0.15) is 5.41 Å². The summed E-state index contributed by atoms with van der Waals surface area (Å²) in [6.45, 7) is 4.44. The van der Waals surface area contributed by atoms with E-state index in [0.29, 0.717) is 0 Å². The monoisotopic (exact) mass is 290 g/mol. The van der Waals surface area contributed by atoms with Crippen LogP contribution in [0.4, 0.5) is 0 Å². The van der Waals surface area contributed by atoms with Crippen LogP contribution in [0.1, 0.15) is 104 Å². The summed E-state index contributed by atoms with van der Waals surface area (Å²) in [6.07, 6.45) is 16.1. The minimum Gasteiger partial charge on any atom is -0.197 e. The summed E-state index contributed by atoms with van der Waals surface area (Å²) in [7, 11) is 0. The van der Waals surface area contributed by atoms with Crippen molar-refractivity contribution in [2.45, 2.75) is 104 Å². The van der Waals surface area contributed by atoms with Gasteiger partial charge in [0.25, 0.3) is 0 Å². The van der Waals surface area contributed by atoms with E-state index in [1.165, 1.54) is 64.2 Å². The largest absolute Gasteiger partial charge is 0.197 e. The minimum atomic E-state index is -0.713. The van der Waals surface area contributed by atoms with Crippen molar-refractivity contribution in [3.05, 3.63) is 0 Å². The maximum atomic E-state index is 9.39. The van der Waals surface area contributed by atoms with E-state index in [9.17, 15) is 10.5 Å². The van der Waals surface area contributed by atoms with Crippen molar-refractivity contribution < 1.29 is 0 Å². The van der Waals surface area contributed by atoms with Crippen LogP contribution in [-0.2, 0) is 0 Å². The first kappa shape index (κ1) is 20.0.